The summed E-state index contributed by atoms with van der Waals surface area (Å²) in [7, 11) is 0. The molecule has 1 aromatic heterocycles. The van der Waals surface area contributed by atoms with Crippen LogP contribution in [-0.4, -0.2) is 20.9 Å². The molecule has 1 fully saturated rings. The van der Waals surface area contributed by atoms with Crippen molar-refractivity contribution in [3.8, 4) is 0 Å². The van der Waals surface area contributed by atoms with Crippen LogP contribution >= 0.6 is 35.4 Å². The Kier molecular flexibility index (Phi) is 4.80. The molecule has 0 amide bonds. The van der Waals surface area contributed by atoms with E-state index in [4.69, 9.17) is 35.4 Å². The molecule has 1 aliphatic carbocycles. The highest BCUT2D eigenvalue weighted by Gasteiger charge is 2.22. The van der Waals surface area contributed by atoms with Gasteiger partial charge in [0.05, 0.1) is 33.7 Å². The third-order valence-electron chi connectivity index (χ3n) is 3.85. The van der Waals surface area contributed by atoms with Crippen molar-refractivity contribution >= 4 is 46.2 Å². The second kappa shape index (κ2) is 6.67. The van der Waals surface area contributed by atoms with Crippen molar-refractivity contribution in [3.63, 3.8) is 0 Å². The van der Waals surface area contributed by atoms with Crippen LogP contribution in [0.25, 0.3) is 0 Å². The van der Waals surface area contributed by atoms with Gasteiger partial charge in [-0.25, -0.2) is 0 Å². The van der Waals surface area contributed by atoms with Crippen molar-refractivity contribution < 1.29 is 0 Å². The number of nitrogens with zero attached hydrogens (tertiary/aromatic N) is 2. The Labute approximate surface area is 151 Å². The Morgan fingerprint density at radius 3 is 2.70 bits per heavy atom. The average Bonchev–Trinajstić information content (AvgIpc) is 3.26. The summed E-state index contributed by atoms with van der Waals surface area (Å²) in [4.78, 5) is 0. The molecule has 1 saturated carbocycles. The maximum Gasteiger partial charge on any atom is 0.171 e. The molecule has 122 valence electrons. The van der Waals surface area contributed by atoms with Crippen LogP contribution in [0, 0.1) is 13.8 Å². The number of rotatable bonds is 4. The van der Waals surface area contributed by atoms with Crippen molar-refractivity contribution in [3.05, 3.63) is 45.2 Å². The summed E-state index contributed by atoms with van der Waals surface area (Å²) in [6.45, 7) is 4.63. The van der Waals surface area contributed by atoms with Gasteiger partial charge < -0.3 is 10.6 Å². The number of nitrogens with one attached hydrogen (secondary N) is 2. The molecule has 7 heteroatoms. The van der Waals surface area contributed by atoms with Crippen molar-refractivity contribution in [2.24, 2.45) is 0 Å². The van der Waals surface area contributed by atoms with Crippen LogP contribution in [0.1, 0.15) is 29.8 Å². The Bertz CT molecular complexity index is 753. The van der Waals surface area contributed by atoms with Crippen LogP contribution in [0.15, 0.2) is 18.2 Å². The molecule has 1 aliphatic rings. The van der Waals surface area contributed by atoms with E-state index in [9.17, 15) is 0 Å². The number of aryl methyl sites for hydroxylation is 1. The number of hydrogen-bond acceptors (Lipinski definition) is 2. The zero-order valence-corrected chi connectivity index (χ0v) is 15.3. The molecule has 0 radical (unpaired) electrons. The first-order valence-corrected chi connectivity index (χ1v) is 8.66. The highest BCUT2D eigenvalue weighted by Crippen LogP contribution is 2.25. The fourth-order valence-corrected chi connectivity index (χ4v) is 2.99. The van der Waals surface area contributed by atoms with Crippen molar-refractivity contribution in [2.75, 3.05) is 5.32 Å². The largest absolute Gasteiger partial charge is 0.360 e. The van der Waals surface area contributed by atoms with Gasteiger partial charge in [0.15, 0.2) is 5.11 Å². The molecular weight excluding hydrogens is 351 g/mol. The lowest BCUT2D eigenvalue weighted by Gasteiger charge is -2.10. The van der Waals surface area contributed by atoms with Gasteiger partial charge in [0.1, 0.15) is 0 Å². The van der Waals surface area contributed by atoms with Gasteiger partial charge >= 0.3 is 0 Å². The number of hydrogen-bond donors (Lipinski definition) is 2. The number of halogens is 2. The van der Waals surface area contributed by atoms with Crippen LogP contribution in [-0.2, 0) is 6.54 Å². The van der Waals surface area contributed by atoms with Crippen LogP contribution in [0.2, 0.25) is 10.0 Å². The van der Waals surface area contributed by atoms with Gasteiger partial charge in [-0.05, 0) is 56.6 Å². The molecule has 0 unspecified atom stereocenters. The summed E-state index contributed by atoms with van der Waals surface area (Å²) in [6.07, 6.45) is 2.38. The first-order valence-electron chi connectivity index (χ1n) is 7.49. The van der Waals surface area contributed by atoms with Crippen molar-refractivity contribution in [1.29, 1.82) is 0 Å². The summed E-state index contributed by atoms with van der Waals surface area (Å²) in [5, 5.41) is 12.9. The molecular formula is C16H18Cl2N4S. The smallest absolute Gasteiger partial charge is 0.171 e. The zero-order valence-electron chi connectivity index (χ0n) is 13.0. The van der Waals surface area contributed by atoms with Gasteiger partial charge in [-0.1, -0.05) is 29.3 Å². The summed E-state index contributed by atoms with van der Waals surface area (Å²) in [6, 6.07) is 6.16. The van der Waals surface area contributed by atoms with Crippen LogP contribution in [0.5, 0.6) is 0 Å². The summed E-state index contributed by atoms with van der Waals surface area (Å²) in [5.41, 5.74) is 3.97. The van der Waals surface area contributed by atoms with E-state index in [0.717, 1.165) is 22.6 Å². The van der Waals surface area contributed by atoms with E-state index >= 15 is 0 Å². The predicted octanol–water partition coefficient (Wildman–Crippen LogP) is 4.30. The summed E-state index contributed by atoms with van der Waals surface area (Å²) >= 11 is 17.4. The fourth-order valence-electron chi connectivity index (χ4n) is 2.41. The topological polar surface area (TPSA) is 41.9 Å². The molecule has 0 spiro atoms. The van der Waals surface area contributed by atoms with Gasteiger partial charge in [-0.2, -0.15) is 5.10 Å². The number of anilines is 1. The molecule has 4 nitrogen and oxygen atoms in total. The monoisotopic (exact) mass is 368 g/mol. The normalized spacial score (nSPS) is 13.9. The summed E-state index contributed by atoms with van der Waals surface area (Å²) < 4.78 is 1.94. The minimum Gasteiger partial charge on any atom is -0.360 e. The molecule has 1 aromatic carbocycles. The Hall–Kier alpha value is -1.30. The summed E-state index contributed by atoms with van der Waals surface area (Å²) in [5.74, 6) is 0. The fraction of sp³-hybridized carbons (Fsp3) is 0.375. The minimum atomic E-state index is 0.530. The highest BCUT2D eigenvalue weighted by atomic mass is 35.5. The van der Waals surface area contributed by atoms with Gasteiger partial charge in [0.25, 0.3) is 0 Å². The standard InChI is InChI=1S/C16H18Cl2N4S/c1-9-15(20-16(23)19-12-4-5-12)10(2)22(21-9)8-11-3-6-13(17)14(18)7-11/h3,6-7,12H,4-5,8H2,1-2H3,(H2,19,20,23). The van der Waals surface area contributed by atoms with E-state index in [1.807, 2.05) is 30.7 Å². The van der Waals surface area contributed by atoms with Gasteiger partial charge in [0, 0.05) is 6.04 Å². The molecule has 0 saturated heterocycles. The first kappa shape index (κ1) is 16.6. The van der Waals surface area contributed by atoms with E-state index in [0.29, 0.717) is 27.7 Å². The molecule has 2 N–H and O–H groups in total. The quantitative estimate of drug-likeness (QED) is 0.789. The third-order valence-corrected chi connectivity index (χ3v) is 4.81. The number of thiocarbonyl (C=S) groups is 1. The van der Waals surface area contributed by atoms with Crippen LogP contribution < -0.4 is 10.6 Å². The lowest BCUT2D eigenvalue weighted by Crippen LogP contribution is -2.30. The molecule has 0 bridgehead atoms. The molecule has 2 aromatic rings. The Morgan fingerprint density at radius 2 is 2.04 bits per heavy atom. The van der Waals surface area contributed by atoms with Crippen LogP contribution in [0.3, 0.4) is 0 Å². The lowest BCUT2D eigenvalue weighted by molar-refractivity contribution is 0.659. The second-order valence-corrected chi connectivity index (χ2v) is 7.05. The molecule has 1 heterocycles. The lowest BCUT2D eigenvalue weighted by atomic mass is 10.2. The van der Waals surface area contributed by atoms with E-state index < -0.39 is 0 Å². The van der Waals surface area contributed by atoms with Gasteiger partial charge in [-0.15, -0.1) is 0 Å². The van der Waals surface area contributed by atoms with Crippen molar-refractivity contribution in [2.45, 2.75) is 39.3 Å². The average molecular weight is 369 g/mol. The molecule has 0 aliphatic heterocycles. The molecule has 23 heavy (non-hydrogen) atoms. The second-order valence-electron chi connectivity index (χ2n) is 5.82. The number of aromatic nitrogens is 2. The predicted molar refractivity (Wildman–Crippen MR) is 99.6 cm³/mol. The third kappa shape index (κ3) is 3.97. The zero-order chi connectivity index (χ0) is 16.6. The Morgan fingerprint density at radius 1 is 1.30 bits per heavy atom. The first-order chi connectivity index (χ1) is 10.9. The minimum absolute atomic E-state index is 0.530. The Balaban J connectivity index is 1.76. The van der Waals surface area contributed by atoms with Crippen LogP contribution in [0.4, 0.5) is 5.69 Å². The number of benzene rings is 1. The van der Waals surface area contributed by atoms with E-state index in [1.165, 1.54) is 12.8 Å². The molecule has 3 rings (SSSR count). The van der Waals surface area contributed by atoms with E-state index in [1.54, 1.807) is 6.07 Å². The SMILES string of the molecule is Cc1nn(Cc2ccc(Cl)c(Cl)c2)c(C)c1NC(=S)NC1CC1. The van der Waals surface area contributed by atoms with Gasteiger partial charge in [0.2, 0.25) is 0 Å². The molecule has 0 atom stereocenters. The van der Waals surface area contributed by atoms with E-state index in [-0.39, 0.29) is 0 Å². The highest BCUT2D eigenvalue weighted by molar-refractivity contribution is 7.80. The van der Waals surface area contributed by atoms with E-state index in [2.05, 4.69) is 15.7 Å². The maximum atomic E-state index is 6.08. The maximum absolute atomic E-state index is 6.08. The van der Waals surface area contributed by atoms with Gasteiger partial charge in [-0.3, -0.25) is 4.68 Å². The van der Waals surface area contributed by atoms with Crippen molar-refractivity contribution in [1.82, 2.24) is 15.1 Å².